The van der Waals surface area contributed by atoms with Crippen molar-refractivity contribution in [1.82, 2.24) is 4.90 Å². The predicted molar refractivity (Wildman–Crippen MR) is 98.6 cm³/mol. The molecule has 1 aromatic carbocycles. The van der Waals surface area contributed by atoms with Gasteiger partial charge in [0.15, 0.2) is 0 Å². The molecule has 132 valence electrons. The number of carbonyl (C=O) groups excluding carboxylic acids is 1. The van der Waals surface area contributed by atoms with Gasteiger partial charge in [-0.2, -0.15) is 0 Å². The van der Waals surface area contributed by atoms with Crippen LogP contribution < -0.4 is 0 Å². The molecule has 0 spiro atoms. The number of allylic oxidation sites excluding steroid dienone is 1. The second-order valence-electron chi connectivity index (χ2n) is 7.23. The molecule has 1 heterocycles. The zero-order valence-electron chi connectivity index (χ0n) is 15.6. The Bertz CT molecular complexity index is 600. The summed E-state index contributed by atoms with van der Waals surface area (Å²) in [4.78, 5) is 14.6. The Balaban J connectivity index is 2.43. The van der Waals surface area contributed by atoms with Gasteiger partial charge in [0, 0.05) is 13.0 Å². The minimum atomic E-state index is -2.37. The molecule has 0 N–H and O–H groups in total. The number of amides is 1. The van der Waals surface area contributed by atoms with Crippen LogP contribution in [0.2, 0.25) is 13.1 Å². The van der Waals surface area contributed by atoms with E-state index in [-0.39, 0.29) is 24.0 Å². The van der Waals surface area contributed by atoms with Crippen molar-refractivity contribution in [2.45, 2.75) is 52.4 Å². The first kappa shape index (κ1) is 18.7. The second-order valence-corrected chi connectivity index (χ2v) is 10.5. The van der Waals surface area contributed by atoms with Crippen LogP contribution in [0.1, 0.15) is 38.9 Å². The highest BCUT2D eigenvalue weighted by atomic mass is 28.4. The lowest BCUT2D eigenvalue weighted by atomic mass is 9.98. The maximum absolute atomic E-state index is 12.8. The number of nitrogens with zero attached hydrogens (tertiary/aromatic N) is 1. The van der Waals surface area contributed by atoms with Gasteiger partial charge in [-0.25, -0.2) is 0 Å². The summed E-state index contributed by atoms with van der Waals surface area (Å²) in [6.07, 6.45) is 2.28. The lowest BCUT2D eigenvalue weighted by Gasteiger charge is -2.36. The van der Waals surface area contributed by atoms with Crippen molar-refractivity contribution in [2.24, 2.45) is 5.92 Å². The van der Waals surface area contributed by atoms with Crippen molar-refractivity contribution < 1.29 is 13.6 Å². The third kappa shape index (κ3) is 4.48. The maximum Gasteiger partial charge on any atom is 0.392 e. The fourth-order valence-electron chi connectivity index (χ4n) is 3.03. The van der Waals surface area contributed by atoms with Gasteiger partial charge >= 0.3 is 8.56 Å². The van der Waals surface area contributed by atoms with Crippen LogP contribution in [0.3, 0.4) is 0 Å². The molecule has 0 aliphatic carbocycles. The summed E-state index contributed by atoms with van der Waals surface area (Å²) in [5.41, 5.74) is 2.14. The van der Waals surface area contributed by atoms with Gasteiger partial charge in [0.25, 0.3) is 0 Å². The van der Waals surface area contributed by atoms with Crippen LogP contribution in [0.25, 0.3) is 0 Å². The van der Waals surface area contributed by atoms with Gasteiger partial charge in [-0.05, 0) is 44.5 Å². The molecule has 1 aromatic rings. The Kier molecular flexibility index (Phi) is 5.88. The molecular weight excluding hydrogens is 318 g/mol. The molecule has 0 saturated heterocycles. The topological polar surface area (TPSA) is 38.8 Å². The smallest absolute Gasteiger partial charge is 0.392 e. The molecule has 1 amide bonds. The normalized spacial score (nSPS) is 30.8. The van der Waals surface area contributed by atoms with Gasteiger partial charge in [-0.15, -0.1) is 0 Å². The Morgan fingerprint density at radius 2 is 1.79 bits per heavy atom. The van der Waals surface area contributed by atoms with E-state index < -0.39 is 8.56 Å². The molecule has 0 bridgehead atoms. The van der Waals surface area contributed by atoms with E-state index in [2.05, 4.69) is 0 Å². The molecule has 24 heavy (non-hydrogen) atoms. The van der Waals surface area contributed by atoms with Gasteiger partial charge in [0.05, 0.1) is 18.4 Å². The van der Waals surface area contributed by atoms with Crippen LogP contribution in [-0.2, 0) is 13.6 Å². The maximum atomic E-state index is 12.8. The standard InChI is InChI=1S/C19H29NO3Si/c1-14-12-15(2)19(21)20(4)16(3)18(17-10-8-7-9-11-17)23-24(5,6)22-13-14/h7-11,13,15-16,18H,12H2,1-6H3/b14-13-/t15-,16+,18-/m1/s1. The van der Waals surface area contributed by atoms with Gasteiger partial charge in [0.1, 0.15) is 0 Å². The molecule has 1 aliphatic heterocycles. The van der Waals surface area contributed by atoms with E-state index in [1.165, 1.54) is 0 Å². The van der Waals surface area contributed by atoms with Crippen LogP contribution in [0, 0.1) is 5.92 Å². The molecule has 5 heteroatoms. The summed E-state index contributed by atoms with van der Waals surface area (Å²) in [7, 11) is -0.497. The van der Waals surface area contributed by atoms with E-state index in [0.717, 1.165) is 11.1 Å². The van der Waals surface area contributed by atoms with Crippen LogP contribution in [0.15, 0.2) is 42.2 Å². The first-order chi connectivity index (χ1) is 11.2. The average molecular weight is 348 g/mol. The van der Waals surface area contributed by atoms with Crippen molar-refractivity contribution in [3.05, 3.63) is 47.7 Å². The molecule has 0 fully saturated rings. The Hall–Kier alpha value is -1.59. The number of hydrogen-bond donors (Lipinski definition) is 0. The molecule has 0 unspecified atom stereocenters. The van der Waals surface area contributed by atoms with Crippen LogP contribution in [-0.4, -0.2) is 32.5 Å². The highest BCUT2D eigenvalue weighted by Gasteiger charge is 2.36. The number of rotatable bonds is 1. The van der Waals surface area contributed by atoms with Gasteiger partial charge in [-0.3, -0.25) is 4.79 Å². The fourth-order valence-corrected chi connectivity index (χ4v) is 4.52. The molecule has 3 atom stereocenters. The van der Waals surface area contributed by atoms with E-state index >= 15 is 0 Å². The van der Waals surface area contributed by atoms with Crippen molar-refractivity contribution in [2.75, 3.05) is 7.05 Å². The number of benzene rings is 1. The van der Waals surface area contributed by atoms with Crippen molar-refractivity contribution in [1.29, 1.82) is 0 Å². The number of carbonyl (C=O) groups is 1. The van der Waals surface area contributed by atoms with Gasteiger partial charge in [-0.1, -0.05) is 37.3 Å². The third-order valence-corrected chi connectivity index (χ3v) is 6.04. The second kappa shape index (κ2) is 7.53. The highest BCUT2D eigenvalue weighted by Crippen LogP contribution is 2.30. The first-order valence-electron chi connectivity index (χ1n) is 8.54. The monoisotopic (exact) mass is 347 g/mol. The largest absolute Gasteiger partial charge is 0.527 e. The molecule has 1 aliphatic rings. The minimum absolute atomic E-state index is 0.0726. The highest BCUT2D eigenvalue weighted by molar-refractivity contribution is 6.64. The van der Waals surface area contributed by atoms with E-state index in [4.69, 9.17) is 8.85 Å². The summed E-state index contributed by atoms with van der Waals surface area (Å²) in [6.45, 7) is 10.1. The lowest BCUT2D eigenvalue weighted by molar-refractivity contribution is -0.137. The van der Waals surface area contributed by atoms with Crippen molar-refractivity contribution >= 4 is 14.5 Å². The minimum Gasteiger partial charge on any atom is -0.527 e. The fraction of sp³-hybridized carbons (Fsp3) is 0.526. The average Bonchev–Trinajstić information content (AvgIpc) is 2.57. The third-order valence-electron chi connectivity index (χ3n) is 4.53. The van der Waals surface area contributed by atoms with Crippen molar-refractivity contribution in [3.63, 3.8) is 0 Å². The van der Waals surface area contributed by atoms with Gasteiger partial charge < -0.3 is 13.8 Å². The molecular formula is C19H29NO3Si. The van der Waals surface area contributed by atoms with Crippen LogP contribution in [0.4, 0.5) is 0 Å². The Labute approximate surface area is 146 Å². The van der Waals surface area contributed by atoms with E-state index in [0.29, 0.717) is 6.42 Å². The molecule has 2 rings (SSSR count). The summed E-state index contributed by atoms with van der Waals surface area (Å²) >= 11 is 0. The zero-order valence-corrected chi connectivity index (χ0v) is 16.6. The van der Waals surface area contributed by atoms with Gasteiger partial charge in [0.2, 0.25) is 5.91 Å². The van der Waals surface area contributed by atoms with Crippen LogP contribution >= 0.6 is 0 Å². The summed E-state index contributed by atoms with van der Waals surface area (Å²) in [5, 5.41) is 0. The zero-order chi connectivity index (χ0) is 17.9. The van der Waals surface area contributed by atoms with E-state index in [1.807, 2.05) is 76.1 Å². The Morgan fingerprint density at radius 1 is 1.17 bits per heavy atom. The predicted octanol–water partition coefficient (Wildman–Crippen LogP) is 4.25. The molecule has 0 aromatic heterocycles. The Morgan fingerprint density at radius 3 is 2.42 bits per heavy atom. The number of hydrogen-bond acceptors (Lipinski definition) is 3. The number of likely N-dealkylation sites (N-methyl/N-ethyl adjacent to an activating group) is 1. The molecule has 0 radical (unpaired) electrons. The summed E-state index contributed by atoms with van der Waals surface area (Å²) < 4.78 is 12.5. The quantitative estimate of drug-likeness (QED) is 0.713. The van der Waals surface area contributed by atoms with Crippen LogP contribution in [0.5, 0.6) is 0 Å². The lowest BCUT2D eigenvalue weighted by Crippen LogP contribution is -2.45. The summed E-state index contributed by atoms with van der Waals surface area (Å²) in [6, 6.07) is 10.0. The first-order valence-corrected chi connectivity index (χ1v) is 11.4. The summed E-state index contributed by atoms with van der Waals surface area (Å²) in [5.74, 6) is 0.0674. The molecule has 4 nitrogen and oxygen atoms in total. The van der Waals surface area contributed by atoms with Crippen molar-refractivity contribution in [3.8, 4) is 0 Å². The van der Waals surface area contributed by atoms with E-state index in [1.54, 1.807) is 6.26 Å². The van der Waals surface area contributed by atoms with E-state index in [9.17, 15) is 4.79 Å². The molecule has 0 saturated carbocycles. The SMILES string of the molecule is C/C1=C/O[Si](C)(C)O[C@@H](c2ccccc2)[C@H](C)N(C)C(=O)[C@H](C)C1.